The van der Waals surface area contributed by atoms with E-state index in [9.17, 15) is 19.8 Å². The summed E-state index contributed by atoms with van der Waals surface area (Å²) in [6.45, 7) is 6.73. The second-order valence-electron chi connectivity index (χ2n) is 11.6. The van der Waals surface area contributed by atoms with E-state index >= 15 is 0 Å². The van der Waals surface area contributed by atoms with Gasteiger partial charge in [0.15, 0.2) is 0 Å². The molecule has 0 aromatic carbocycles. The van der Waals surface area contributed by atoms with E-state index in [0.29, 0.717) is 37.2 Å². The van der Waals surface area contributed by atoms with Crippen molar-refractivity contribution in [3.8, 4) is 0 Å². The molecule has 1 aromatic rings. The zero-order valence-electron chi connectivity index (χ0n) is 29.1. The second kappa shape index (κ2) is 29.1. The third-order valence-electron chi connectivity index (χ3n) is 7.04. The van der Waals surface area contributed by atoms with Crippen LogP contribution in [0.1, 0.15) is 82.5 Å². The van der Waals surface area contributed by atoms with E-state index in [1.165, 1.54) is 6.20 Å². The number of aliphatic hydroxyl groups excluding tert-OH is 2. The number of carbonyl (C=O) groups is 2. The van der Waals surface area contributed by atoms with Crippen molar-refractivity contribution < 1.29 is 19.8 Å². The van der Waals surface area contributed by atoms with Crippen molar-refractivity contribution in [2.75, 3.05) is 32.1 Å². The van der Waals surface area contributed by atoms with Gasteiger partial charge in [-0.25, -0.2) is 0 Å². The molecule has 1 rings (SSSR count). The van der Waals surface area contributed by atoms with Crippen LogP contribution in [-0.4, -0.2) is 75.9 Å². The van der Waals surface area contributed by atoms with Gasteiger partial charge in [-0.1, -0.05) is 101 Å². The summed E-state index contributed by atoms with van der Waals surface area (Å²) < 4.78 is -0.398. The highest BCUT2D eigenvalue weighted by Gasteiger charge is 2.32. The zero-order chi connectivity index (χ0) is 35.1. The van der Waals surface area contributed by atoms with Crippen molar-refractivity contribution in [3.05, 3.63) is 103 Å². The van der Waals surface area contributed by atoms with E-state index in [0.717, 1.165) is 38.5 Å². The van der Waals surface area contributed by atoms with Gasteiger partial charge < -0.3 is 26.2 Å². The van der Waals surface area contributed by atoms with Crippen LogP contribution in [0.3, 0.4) is 0 Å². The lowest BCUT2D eigenvalue weighted by Crippen LogP contribution is -2.55. The maximum atomic E-state index is 12.9. The minimum absolute atomic E-state index is 0.0317. The van der Waals surface area contributed by atoms with Crippen LogP contribution in [0.4, 0.5) is 0 Å². The molecule has 0 aliphatic heterocycles. The number of nitrogens with one attached hydrogen (secondary N) is 3. The molecule has 5 N–H and O–H groups in total. The molecule has 0 saturated heterocycles. The van der Waals surface area contributed by atoms with Crippen LogP contribution in [0, 0.1) is 0 Å². The lowest BCUT2D eigenvalue weighted by molar-refractivity contribution is -0.120. The highest BCUT2D eigenvalue weighted by atomic mass is 33.1. The largest absolute Gasteiger partial charge is 0.395 e. The molecule has 1 aromatic heterocycles. The molecule has 0 radical (unpaired) electrons. The molecule has 0 fully saturated rings. The molecule has 8 nitrogen and oxygen atoms in total. The topological polar surface area (TPSA) is 124 Å². The molecule has 10 heteroatoms. The molecule has 1 heterocycles. The van der Waals surface area contributed by atoms with E-state index < -0.39 is 10.8 Å². The molecule has 266 valence electrons. The Labute approximate surface area is 297 Å². The lowest BCUT2D eigenvalue weighted by Gasteiger charge is -2.35. The molecule has 0 aliphatic rings. The molecular weight excluding hydrogens is 641 g/mol. The Balaban J connectivity index is 2.25. The summed E-state index contributed by atoms with van der Waals surface area (Å²) >= 11 is 0. The van der Waals surface area contributed by atoms with Gasteiger partial charge >= 0.3 is 0 Å². The Kier molecular flexibility index (Phi) is 26.1. The van der Waals surface area contributed by atoms with Crippen molar-refractivity contribution in [2.24, 2.45) is 0 Å². The Bertz CT molecular complexity index is 1160. The maximum Gasteiger partial charge on any atom is 0.253 e. The van der Waals surface area contributed by atoms with E-state index in [-0.39, 0.29) is 31.1 Å². The fraction of sp³-hybridized carbons (Fsp3) is 0.500. The lowest BCUT2D eigenvalue weighted by atomic mass is 10.0. The average Bonchev–Trinajstić information content (AvgIpc) is 3.09. The van der Waals surface area contributed by atoms with Crippen molar-refractivity contribution in [3.63, 3.8) is 0 Å². The molecule has 48 heavy (non-hydrogen) atoms. The SMILES string of the molecule is CC/C=C\C/C=C\C/C=C\C/C=C\C/C=C\C/C=C\CCC(=O)NCCSSC(C)(C)[C@@H](CNC(CO)CO)NC(=O)c1cccnc1. The number of hydrogen-bond donors (Lipinski definition) is 5. The number of hydrogen-bond acceptors (Lipinski definition) is 8. The fourth-order valence-electron chi connectivity index (χ4n) is 4.11. The average molecular weight is 699 g/mol. The maximum absolute atomic E-state index is 12.9. The van der Waals surface area contributed by atoms with Crippen LogP contribution in [0.15, 0.2) is 97.4 Å². The first-order valence-corrected chi connectivity index (χ1v) is 19.3. The smallest absolute Gasteiger partial charge is 0.253 e. The standard InChI is InChI=1S/C38H58N4O4S2/c1-4-5-6-7-8-9-10-11-12-13-14-15-16-17-18-19-20-21-22-25-36(45)40-27-28-47-48-38(2,3)35(30-41-34(31-43)32-44)42-37(46)33-24-23-26-39-29-33/h5-6,8-9,11-12,14-15,17-18,20-21,23-24,26,29,34-35,41,43-44H,4,7,10,13,16,19,22,25,27-28,30-32H2,1-3H3,(H,40,45)(H,42,46)/b6-5-,9-8-,12-11-,15-14-,18-17-,21-20-/t35-/m1/s1. The molecule has 0 aliphatic carbocycles. The first-order valence-electron chi connectivity index (χ1n) is 17.0. The van der Waals surface area contributed by atoms with Gasteiger partial charge in [0.1, 0.15) is 0 Å². The van der Waals surface area contributed by atoms with Gasteiger partial charge in [0, 0.05) is 42.4 Å². The number of pyridine rings is 1. The Morgan fingerprint density at radius 2 is 1.44 bits per heavy atom. The summed E-state index contributed by atoms with van der Waals surface area (Å²) in [4.78, 5) is 29.1. The van der Waals surface area contributed by atoms with Gasteiger partial charge in [0.05, 0.1) is 30.9 Å². The molecule has 1 atom stereocenters. The Hall–Kier alpha value is -2.89. The van der Waals surface area contributed by atoms with E-state index in [1.807, 2.05) is 13.8 Å². The van der Waals surface area contributed by atoms with Gasteiger partial charge in [-0.2, -0.15) is 0 Å². The van der Waals surface area contributed by atoms with Gasteiger partial charge in [-0.3, -0.25) is 14.6 Å². The monoisotopic (exact) mass is 698 g/mol. The molecule has 0 saturated carbocycles. The van der Waals surface area contributed by atoms with Crippen molar-refractivity contribution in [1.82, 2.24) is 20.9 Å². The highest BCUT2D eigenvalue weighted by Crippen LogP contribution is 2.38. The molecule has 0 unspecified atom stereocenters. The molecule has 2 amide bonds. The number of nitrogens with zero attached hydrogens (tertiary/aromatic N) is 1. The van der Waals surface area contributed by atoms with Crippen LogP contribution in [0.5, 0.6) is 0 Å². The Morgan fingerprint density at radius 1 is 0.875 bits per heavy atom. The summed E-state index contributed by atoms with van der Waals surface area (Å²) in [5.41, 5.74) is 0.462. The molecule has 0 bridgehead atoms. The molecule has 0 spiro atoms. The third-order valence-corrected chi connectivity index (χ3v) is 10.4. The highest BCUT2D eigenvalue weighted by molar-refractivity contribution is 8.77. The zero-order valence-corrected chi connectivity index (χ0v) is 30.7. The van der Waals surface area contributed by atoms with E-state index in [4.69, 9.17) is 0 Å². The van der Waals surface area contributed by atoms with Crippen molar-refractivity contribution in [1.29, 1.82) is 0 Å². The summed E-state index contributed by atoms with van der Waals surface area (Å²) in [6.07, 6.45) is 36.1. The number of carbonyl (C=O) groups excluding carboxylic acids is 2. The summed E-state index contributed by atoms with van der Waals surface area (Å²) in [7, 11) is 3.25. The summed E-state index contributed by atoms with van der Waals surface area (Å²) in [5, 5.41) is 28.1. The number of aromatic nitrogens is 1. The van der Waals surface area contributed by atoms with Crippen LogP contribution in [-0.2, 0) is 4.79 Å². The number of aliphatic hydroxyl groups is 2. The van der Waals surface area contributed by atoms with Gasteiger partial charge in [0.25, 0.3) is 5.91 Å². The van der Waals surface area contributed by atoms with E-state index in [2.05, 4.69) is 101 Å². The first-order chi connectivity index (χ1) is 23.3. The minimum atomic E-state index is -0.473. The second-order valence-corrected chi connectivity index (χ2v) is 14.6. The van der Waals surface area contributed by atoms with Crippen LogP contribution in [0.2, 0.25) is 0 Å². The third kappa shape index (κ3) is 22.6. The number of rotatable bonds is 27. The number of allylic oxidation sites excluding steroid dienone is 12. The van der Waals surface area contributed by atoms with Crippen LogP contribution < -0.4 is 16.0 Å². The summed E-state index contributed by atoms with van der Waals surface area (Å²) in [6, 6.07) is 2.64. The predicted octanol–water partition coefficient (Wildman–Crippen LogP) is 6.88. The van der Waals surface area contributed by atoms with Crippen LogP contribution >= 0.6 is 21.6 Å². The predicted molar refractivity (Wildman–Crippen MR) is 206 cm³/mol. The number of amides is 2. The normalized spacial score (nSPS) is 13.4. The first kappa shape index (κ1) is 43.1. The molecular formula is C38H58N4O4S2. The van der Waals surface area contributed by atoms with Gasteiger partial charge in [-0.15, -0.1) is 0 Å². The van der Waals surface area contributed by atoms with Gasteiger partial charge in [0.2, 0.25) is 5.91 Å². The van der Waals surface area contributed by atoms with Crippen LogP contribution in [0.25, 0.3) is 0 Å². The van der Waals surface area contributed by atoms with Crippen molar-refractivity contribution >= 4 is 33.4 Å². The van der Waals surface area contributed by atoms with Crippen molar-refractivity contribution in [2.45, 2.75) is 89.0 Å². The summed E-state index contributed by atoms with van der Waals surface area (Å²) in [5.74, 6) is 0.508. The minimum Gasteiger partial charge on any atom is -0.395 e. The fourth-order valence-corrected chi connectivity index (χ4v) is 6.70. The van der Waals surface area contributed by atoms with E-state index in [1.54, 1.807) is 39.9 Å². The van der Waals surface area contributed by atoms with Gasteiger partial charge in [-0.05, 0) is 70.9 Å². The Morgan fingerprint density at radius 3 is 1.96 bits per heavy atom. The quantitative estimate of drug-likeness (QED) is 0.0383.